The zero-order valence-corrected chi connectivity index (χ0v) is 11.1. The first-order chi connectivity index (χ1) is 8.65. The fraction of sp³-hybridized carbons (Fsp3) is 0.250. The van der Waals surface area contributed by atoms with Crippen LogP contribution < -0.4 is 5.32 Å². The van der Waals surface area contributed by atoms with Crippen LogP contribution in [0.2, 0.25) is 0 Å². The number of hydrogen-bond donors (Lipinski definition) is 1. The van der Waals surface area contributed by atoms with Crippen molar-refractivity contribution in [3.8, 4) is 10.6 Å². The van der Waals surface area contributed by atoms with Crippen molar-refractivity contribution in [2.45, 2.75) is 0 Å². The highest BCUT2D eigenvalue weighted by Gasteiger charge is 2.09. The van der Waals surface area contributed by atoms with Gasteiger partial charge in [0.25, 0.3) is 0 Å². The maximum atomic E-state index is 11.6. The molecule has 1 aromatic heterocycles. The molecule has 0 spiro atoms. The first kappa shape index (κ1) is 12.7. The third kappa shape index (κ3) is 3.35. The number of nitrogens with zero attached hydrogens (tertiary/aromatic N) is 3. The minimum Gasteiger partial charge on any atom is -0.301 e. The molecule has 0 aliphatic heterocycles. The van der Waals surface area contributed by atoms with Gasteiger partial charge in [0.05, 0.1) is 6.54 Å². The van der Waals surface area contributed by atoms with Crippen molar-refractivity contribution in [2.24, 2.45) is 0 Å². The molecule has 0 radical (unpaired) electrons. The van der Waals surface area contributed by atoms with E-state index in [1.54, 1.807) is 4.90 Å². The first-order valence-corrected chi connectivity index (χ1v) is 6.30. The molecule has 0 aliphatic rings. The molecule has 0 unspecified atom stereocenters. The SMILES string of the molecule is CN(C)CC(=O)Nc1nnc(-c2ccccc2)s1. The summed E-state index contributed by atoms with van der Waals surface area (Å²) in [6, 6.07) is 9.77. The highest BCUT2D eigenvalue weighted by molar-refractivity contribution is 7.18. The van der Waals surface area contributed by atoms with Crippen molar-refractivity contribution in [2.75, 3.05) is 26.0 Å². The Balaban J connectivity index is 2.05. The Labute approximate surface area is 109 Å². The van der Waals surface area contributed by atoms with Gasteiger partial charge in [0.2, 0.25) is 11.0 Å². The maximum Gasteiger partial charge on any atom is 0.240 e. The molecule has 1 heterocycles. The lowest BCUT2D eigenvalue weighted by Gasteiger charge is -2.07. The van der Waals surface area contributed by atoms with Gasteiger partial charge in [-0.3, -0.25) is 10.1 Å². The third-order valence-corrected chi connectivity index (χ3v) is 3.04. The maximum absolute atomic E-state index is 11.6. The van der Waals surface area contributed by atoms with E-state index in [-0.39, 0.29) is 5.91 Å². The molecule has 0 fully saturated rings. The van der Waals surface area contributed by atoms with E-state index in [0.29, 0.717) is 11.7 Å². The second-order valence-corrected chi connectivity index (χ2v) is 5.04. The lowest BCUT2D eigenvalue weighted by molar-refractivity contribution is -0.116. The molecule has 2 rings (SSSR count). The summed E-state index contributed by atoms with van der Waals surface area (Å²) in [5, 5.41) is 12.1. The van der Waals surface area contributed by atoms with Crippen molar-refractivity contribution in [3.05, 3.63) is 30.3 Å². The summed E-state index contributed by atoms with van der Waals surface area (Å²) in [6.45, 7) is 0.334. The van der Waals surface area contributed by atoms with Crippen molar-refractivity contribution in [1.82, 2.24) is 15.1 Å². The van der Waals surface area contributed by atoms with E-state index in [1.165, 1.54) is 11.3 Å². The number of carbonyl (C=O) groups excluding carboxylic acids is 1. The number of nitrogens with one attached hydrogen (secondary N) is 1. The topological polar surface area (TPSA) is 58.1 Å². The number of carbonyl (C=O) groups is 1. The van der Waals surface area contributed by atoms with Crippen molar-refractivity contribution < 1.29 is 4.79 Å². The molecule has 0 saturated carbocycles. The van der Waals surface area contributed by atoms with Gasteiger partial charge in [-0.15, -0.1) is 10.2 Å². The normalized spacial score (nSPS) is 10.6. The van der Waals surface area contributed by atoms with E-state index in [1.807, 2.05) is 44.4 Å². The Bertz CT molecular complexity index is 524. The fourth-order valence-corrected chi connectivity index (χ4v) is 2.18. The summed E-state index contributed by atoms with van der Waals surface area (Å²) < 4.78 is 0. The number of aromatic nitrogens is 2. The van der Waals surface area contributed by atoms with Gasteiger partial charge in [-0.1, -0.05) is 41.7 Å². The molecule has 0 aliphatic carbocycles. The molecule has 94 valence electrons. The predicted octanol–water partition coefficient (Wildman–Crippen LogP) is 1.71. The molecule has 6 heteroatoms. The van der Waals surface area contributed by atoms with E-state index in [2.05, 4.69) is 15.5 Å². The Morgan fingerprint density at radius 2 is 2.00 bits per heavy atom. The Hall–Kier alpha value is -1.79. The summed E-state index contributed by atoms with van der Waals surface area (Å²) >= 11 is 1.37. The Morgan fingerprint density at radius 3 is 2.67 bits per heavy atom. The standard InChI is InChI=1S/C12H14N4OS/c1-16(2)8-10(17)13-12-15-14-11(18-12)9-6-4-3-5-7-9/h3-7H,8H2,1-2H3,(H,13,15,17). The molecule has 0 saturated heterocycles. The zero-order valence-electron chi connectivity index (χ0n) is 10.3. The number of benzene rings is 1. The van der Waals surface area contributed by atoms with Crippen LogP contribution in [0.15, 0.2) is 30.3 Å². The predicted molar refractivity (Wildman–Crippen MR) is 72.5 cm³/mol. The average Bonchev–Trinajstić information content (AvgIpc) is 2.77. The van der Waals surface area contributed by atoms with Crippen LogP contribution in [0.1, 0.15) is 0 Å². The molecule has 1 N–H and O–H groups in total. The molecular weight excluding hydrogens is 248 g/mol. The fourth-order valence-electron chi connectivity index (χ4n) is 1.42. The molecule has 1 aromatic carbocycles. The number of hydrogen-bond acceptors (Lipinski definition) is 5. The molecule has 2 aromatic rings. The van der Waals surface area contributed by atoms with Gasteiger partial charge in [0, 0.05) is 5.56 Å². The number of likely N-dealkylation sites (N-methyl/N-ethyl adjacent to an activating group) is 1. The van der Waals surface area contributed by atoms with E-state index in [0.717, 1.165) is 10.6 Å². The zero-order chi connectivity index (χ0) is 13.0. The smallest absolute Gasteiger partial charge is 0.240 e. The van der Waals surface area contributed by atoms with E-state index < -0.39 is 0 Å². The van der Waals surface area contributed by atoms with E-state index in [9.17, 15) is 4.79 Å². The van der Waals surface area contributed by atoms with E-state index in [4.69, 9.17) is 0 Å². The van der Waals surface area contributed by atoms with Gasteiger partial charge in [-0.2, -0.15) is 0 Å². The number of rotatable bonds is 4. The highest BCUT2D eigenvalue weighted by atomic mass is 32.1. The van der Waals surface area contributed by atoms with Gasteiger partial charge in [-0.05, 0) is 14.1 Å². The molecule has 5 nitrogen and oxygen atoms in total. The van der Waals surface area contributed by atoms with Crippen LogP contribution in [0.3, 0.4) is 0 Å². The molecule has 1 amide bonds. The second-order valence-electron chi connectivity index (χ2n) is 4.06. The van der Waals surface area contributed by atoms with Crippen LogP contribution >= 0.6 is 11.3 Å². The molecule has 0 atom stereocenters. The number of anilines is 1. The van der Waals surface area contributed by atoms with Crippen LogP contribution in [-0.2, 0) is 4.79 Å². The minimum absolute atomic E-state index is 0.0873. The van der Waals surface area contributed by atoms with Crippen LogP contribution in [0.4, 0.5) is 5.13 Å². The average molecular weight is 262 g/mol. The van der Waals surface area contributed by atoms with Gasteiger partial charge in [0.1, 0.15) is 5.01 Å². The Morgan fingerprint density at radius 1 is 1.28 bits per heavy atom. The molecular formula is C12H14N4OS. The van der Waals surface area contributed by atoms with Crippen molar-refractivity contribution >= 4 is 22.4 Å². The van der Waals surface area contributed by atoms with Gasteiger partial charge >= 0.3 is 0 Å². The summed E-state index contributed by atoms with van der Waals surface area (Å²) in [7, 11) is 3.68. The first-order valence-electron chi connectivity index (χ1n) is 5.48. The summed E-state index contributed by atoms with van der Waals surface area (Å²) in [5.41, 5.74) is 1.00. The van der Waals surface area contributed by atoms with Crippen LogP contribution in [0.25, 0.3) is 10.6 Å². The summed E-state index contributed by atoms with van der Waals surface area (Å²) in [5.74, 6) is -0.0873. The lowest BCUT2D eigenvalue weighted by Crippen LogP contribution is -2.26. The quantitative estimate of drug-likeness (QED) is 0.911. The Kier molecular flexibility index (Phi) is 4.01. The number of amides is 1. The monoisotopic (exact) mass is 262 g/mol. The molecule has 18 heavy (non-hydrogen) atoms. The van der Waals surface area contributed by atoms with Crippen LogP contribution in [0, 0.1) is 0 Å². The van der Waals surface area contributed by atoms with Gasteiger partial charge < -0.3 is 4.90 Å². The van der Waals surface area contributed by atoms with Gasteiger partial charge in [0.15, 0.2) is 0 Å². The van der Waals surface area contributed by atoms with Crippen molar-refractivity contribution in [3.63, 3.8) is 0 Å². The van der Waals surface area contributed by atoms with Gasteiger partial charge in [-0.25, -0.2) is 0 Å². The molecule has 0 bridgehead atoms. The van der Waals surface area contributed by atoms with E-state index >= 15 is 0 Å². The third-order valence-electron chi connectivity index (χ3n) is 2.15. The largest absolute Gasteiger partial charge is 0.301 e. The van der Waals surface area contributed by atoms with Crippen LogP contribution in [0.5, 0.6) is 0 Å². The highest BCUT2D eigenvalue weighted by Crippen LogP contribution is 2.25. The van der Waals surface area contributed by atoms with Crippen LogP contribution in [-0.4, -0.2) is 41.6 Å². The summed E-state index contributed by atoms with van der Waals surface area (Å²) in [4.78, 5) is 13.4. The lowest BCUT2D eigenvalue weighted by atomic mass is 10.2. The van der Waals surface area contributed by atoms with Crippen molar-refractivity contribution in [1.29, 1.82) is 0 Å². The second kappa shape index (κ2) is 5.70. The summed E-state index contributed by atoms with van der Waals surface area (Å²) in [6.07, 6.45) is 0. The minimum atomic E-state index is -0.0873.